The summed E-state index contributed by atoms with van der Waals surface area (Å²) in [4.78, 5) is 11.6. The Hall–Kier alpha value is -0.770. The van der Waals surface area contributed by atoms with Gasteiger partial charge in [0.05, 0.1) is 0 Å². The summed E-state index contributed by atoms with van der Waals surface area (Å²) in [7, 11) is 0. The minimum absolute atomic E-state index is 0.317. The first-order valence-electron chi connectivity index (χ1n) is 8.03. The van der Waals surface area contributed by atoms with Gasteiger partial charge in [0.15, 0.2) is 0 Å². The molecule has 4 nitrogen and oxygen atoms in total. The molecule has 0 spiro atoms. The lowest BCUT2D eigenvalue weighted by molar-refractivity contribution is 0.0521. The molecule has 0 radical (unpaired) electrons. The van der Waals surface area contributed by atoms with Crippen molar-refractivity contribution in [3.05, 3.63) is 0 Å². The predicted octanol–water partition coefficient (Wildman–Crippen LogP) is 3.46. The van der Waals surface area contributed by atoms with Crippen molar-refractivity contribution >= 4 is 6.09 Å². The van der Waals surface area contributed by atoms with E-state index in [2.05, 4.69) is 24.5 Å². The Morgan fingerprint density at radius 3 is 2.45 bits per heavy atom. The summed E-state index contributed by atoms with van der Waals surface area (Å²) in [6.45, 7) is 10.6. The van der Waals surface area contributed by atoms with Gasteiger partial charge in [-0.15, -0.1) is 0 Å². The highest BCUT2D eigenvalue weighted by Crippen LogP contribution is 2.30. The van der Waals surface area contributed by atoms with E-state index in [-0.39, 0.29) is 6.09 Å². The van der Waals surface area contributed by atoms with Crippen molar-refractivity contribution < 1.29 is 9.53 Å². The van der Waals surface area contributed by atoms with Crippen LogP contribution in [0.5, 0.6) is 0 Å². The second kappa shape index (κ2) is 7.87. The third-order valence-electron chi connectivity index (χ3n) is 3.82. The summed E-state index contributed by atoms with van der Waals surface area (Å²) in [6, 6.07) is 0.836. The maximum atomic E-state index is 11.6. The molecule has 118 valence electrons. The topological polar surface area (TPSA) is 50.4 Å². The standard InChI is InChI=1S/C16H32N2O2/c1-6-14(11-17-15(19)20-16(3,4)5)18-12(2)10-13-8-7-9-13/h12-14,18H,6-11H2,1-5H3,(H,17,19). The fraction of sp³-hybridized carbons (Fsp3) is 0.938. The summed E-state index contributed by atoms with van der Waals surface area (Å²) in [5, 5.41) is 6.47. The van der Waals surface area contributed by atoms with E-state index in [9.17, 15) is 4.79 Å². The SMILES string of the molecule is CCC(CNC(=O)OC(C)(C)C)NC(C)CC1CCC1. The molecule has 1 rings (SSSR count). The Morgan fingerprint density at radius 2 is 2.00 bits per heavy atom. The molecule has 20 heavy (non-hydrogen) atoms. The third-order valence-corrected chi connectivity index (χ3v) is 3.82. The molecule has 0 heterocycles. The van der Waals surface area contributed by atoms with E-state index in [1.807, 2.05) is 20.8 Å². The van der Waals surface area contributed by atoms with Crippen LogP contribution in [-0.2, 0) is 4.74 Å². The molecule has 0 aromatic rings. The van der Waals surface area contributed by atoms with Crippen molar-refractivity contribution in [1.29, 1.82) is 0 Å². The highest BCUT2D eigenvalue weighted by Gasteiger charge is 2.22. The van der Waals surface area contributed by atoms with E-state index in [1.54, 1.807) is 0 Å². The van der Waals surface area contributed by atoms with Crippen LogP contribution in [0, 0.1) is 5.92 Å². The van der Waals surface area contributed by atoms with Gasteiger partial charge >= 0.3 is 6.09 Å². The molecule has 1 fully saturated rings. The van der Waals surface area contributed by atoms with Crippen LogP contribution in [0.15, 0.2) is 0 Å². The summed E-state index contributed by atoms with van der Waals surface area (Å²) in [6.07, 6.45) is 6.10. The van der Waals surface area contributed by atoms with E-state index in [4.69, 9.17) is 4.74 Å². The van der Waals surface area contributed by atoms with E-state index in [1.165, 1.54) is 25.7 Å². The van der Waals surface area contributed by atoms with Gasteiger partial charge in [-0.1, -0.05) is 26.2 Å². The first kappa shape index (κ1) is 17.3. The van der Waals surface area contributed by atoms with Crippen LogP contribution in [0.3, 0.4) is 0 Å². The number of nitrogens with one attached hydrogen (secondary N) is 2. The zero-order chi connectivity index (χ0) is 15.2. The molecule has 1 amide bonds. The Balaban J connectivity index is 2.22. The maximum Gasteiger partial charge on any atom is 0.407 e. The Labute approximate surface area is 124 Å². The molecule has 1 saturated carbocycles. The van der Waals surface area contributed by atoms with Crippen LogP contribution in [0.2, 0.25) is 0 Å². The minimum Gasteiger partial charge on any atom is -0.444 e. The lowest BCUT2D eigenvalue weighted by Gasteiger charge is -2.30. The summed E-state index contributed by atoms with van der Waals surface area (Å²) >= 11 is 0. The predicted molar refractivity (Wildman–Crippen MR) is 82.9 cm³/mol. The molecular formula is C16H32N2O2. The smallest absolute Gasteiger partial charge is 0.407 e. The Morgan fingerprint density at radius 1 is 1.35 bits per heavy atom. The number of ether oxygens (including phenoxy) is 1. The average Bonchev–Trinajstić information content (AvgIpc) is 2.27. The average molecular weight is 284 g/mol. The number of amides is 1. The van der Waals surface area contributed by atoms with Crippen LogP contribution in [0.1, 0.15) is 66.7 Å². The second-order valence-corrected chi connectivity index (χ2v) is 7.09. The van der Waals surface area contributed by atoms with Crippen LogP contribution in [0.25, 0.3) is 0 Å². The zero-order valence-electron chi connectivity index (χ0n) is 13.8. The molecule has 0 bridgehead atoms. The van der Waals surface area contributed by atoms with Crippen LogP contribution >= 0.6 is 0 Å². The van der Waals surface area contributed by atoms with Crippen LogP contribution < -0.4 is 10.6 Å². The third kappa shape index (κ3) is 7.13. The largest absolute Gasteiger partial charge is 0.444 e. The van der Waals surface area contributed by atoms with Crippen molar-refractivity contribution in [3.8, 4) is 0 Å². The highest BCUT2D eigenvalue weighted by molar-refractivity contribution is 5.67. The lowest BCUT2D eigenvalue weighted by atomic mass is 9.81. The fourth-order valence-corrected chi connectivity index (χ4v) is 2.54. The number of rotatable bonds is 7. The van der Waals surface area contributed by atoms with Gasteiger partial charge in [-0.25, -0.2) is 4.79 Å². The first-order chi connectivity index (χ1) is 9.30. The van der Waals surface area contributed by atoms with Crippen molar-refractivity contribution in [1.82, 2.24) is 10.6 Å². The summed E-state index contributed by atoms with van der Waals surface area (Å²) < 4.78 is 5.25. The molecule has 0 aliphatic heterocycles. The van der Waals surface area contributed by atoms with E-state index < -0.39 is 5.60 Å². The van der Waals surface area contributed by atoms with E-state index in [0.717, 1.165) is 12.3 Å². The van der Waals surface area contributed by atoms with Gasteiger partial charge in [0, 0.05) is 18.6 Å². The molecule has 2 unspecified atom stereocenters. The van der Waals surface area contributed by atoms with Gasteiger partial charge in [0.1, 0.15) is 5.60 Å². The molecule has 0 aromatic heterocycles. The molecular weight excluding hydrogens is 252 g/mol. The Kier molecular flexibility index (Phi) is 6.80. The first-order valence-corrected chi connectivity index (χ1v) is 8.03. The molecule has 1 aliphatic rings. The number of carbonyl (C=O) groups is 1. The minimum atomic E-state index is -0.434. The fourth-order valence-electron chi connectivity index (χ4n) is 2.54. The number of hydrogen-bond acceptors (Lipinski definition) is 3. The summed E-state index contributed by atoms with van der Waals surface area (Å²) in [5.41, 5.74) is -0.434. The Bertz CT molecular complexity index is 295. The highest BCUT2D eigenvalue weighted by atomic mass is 16.6. The molecule has 1 aliphatic carbocycles. The van der Waals surface area contributed by atoms with Crippen LogP contribution in [0.4, 0.5) is 4.79 Å². The summed E-state index contributed by atoms with van der Waals surface area (Å²) in [5.74, 6) is 0.911. The maximum absolute atomic E-state index is 11.6. The van der Waals surface area contributed by atoms with Crippen molar-refractivity contribution in [2.75, 3.05) is 6.54 Å². The molecule has 2 N–H and O–H groups in total. The quantitative estimate of drug-likeness (QED) is 0.753. The van der Waals surface area contributed by atoms with Crippen LogP contribution in [-0.4, -0.2) is 30.3 Å². The van der Waals surface area contributed by atoms with Gasteiger partial charge in [-0.05, 0) is 46.5 Å². The van der Waals surface area contributed by atoms with E-state index in [0.29, 0.717) is 18.6 Å². The van der Waals surface area contributed by atoms with Gasteiger partial charge in [-0.2, -0.15) is 0 Å². The number of carbonyl (C=O) groups excluding carboxylic acids is 1. The lowest BCUT2D eigenvalue weighted by Crippen LogP contribution is -2.46. The number of alkyl carbamates (subject to hydrolysis) is 1. The van der Waals surface area contributed by atoms with Gasteiger partial charge in [-0.3, -0.25) is 0 Å². The second-order valence-electron chi connectivity index (χ2n) is 7.09. The molecule has 0 aromatic carbocycles. The molecule has 2 atom stereocenters. The molecule has 4 heteroatoms. The van der Waals surface area contributed by atoms with Crippen molar-refractivity contribution in [2.45, 2.75) is 84.4 Å². The zero-order valence-corrected chi connectivity index (χ0v) is 13.8. The van der Waals surface area contributed by atoms with Gasteiger partial charge in [0.2, 0.25) is 0 Å². The van der Waals surface area contributed by atoms with Crippen molar-refractivity contribution in [2.24, 2.45) is 5.92 Å². The monoisotopic (exact) mass is 284 g/mol. The van der Waals surface area contributed by atoms with E-state index >= 15 is 0 Å². The normalized spacial score (nSPS) is 19.1. The number of hydrogen-bond donors (Lipinski definition) is 2. The molecule has 0 saturated heterocycles. The van der Waals surface area contributed by atoms with Gasteiger partial charge < -0.3 is 15.4 Å². The van der Waals surface area contributed by atoms with Gasteiger partial charge in [0.25, 0.3) is 0 Å². The van der Waals surface area contributed by atoms with Crippen molar-refractivity contribution in [3.63, 3.8) is 0 Å².